The number of nitrogens with zero attached hydrogens (tertiary/aromatic N) is 2. The molecule has 1 aromatic heterocycles. The van der Waals surface area contributed by atoms with Gasteiger partial charge in [0, 0.05) is 13.1 Å². The highest BCUT2D eigenvalue weighted by Gasteiger charge is 2.02. The third-order valence-electron chi connectivity index (χ3n) is 1.28. The third-order valence-corrected chi connectivity index (χ3v) is 1.28. The topological polar surface area (TPSA) is 38.4 Å². The van der Waals surface area contributed by atoms with Crippen LogP contribution in [0.4, 0.5) is 5.88 Å². The van der Waals surface area contributed by atoms with Gasteiger partial charge in [-0.25, -0.2) is 9.98 Å². The van der Waals surface area contributed by atoms with E-state index in [0.717, 1.165) is 11.3 Å². The molecule has 0 aliphatic carbocycles. The molecule has 3 heteroatoms. The average molecular weight is 164 g/mol. The molecule has 0 aromatic carbocycles. The third kappa shape index (κ3) is 2.05. The number of oxazole rings is 1. The summed E-state index contributed by atoms with van der Waals surface area (Å²) in [5.41, 5.74) is 1.70. The van der Waals surface area contributed by atoms with Gasteiger partial charge in [0.1, 0.15) is 5.69 Å². The Morgan fingerprint density at radius 2 is 2.25 bits per heavy atom. The maximum Gasteiger partial charge on any atom is 0.242 e. The first-order chi connectivity index (χ1) is 5.59. The minimum atomic E-state index is 0.565. The van der Waals surface area contributed by atoms with Crippen molar-refractivity contribution in [2.24, 2.45) is 4.99 Å². The number of aryl methyl sites for hydroxylation is 2. The Bertz CT molecular complexity index is 323. The van der Waals surface area contributed by atoms with E-state index in [2.05, 4.69) is 16.6 Å². The second-order valence-electron chi connectivity index (χ2n) is 2.73. The lowest BCUT2D eigenvalue weighted by molar-refractivity contribution is 0.531. The van der Waals surface area contributed by atoms with E-state index in [4.69, 9.17) is 4.42 Å². The fourth-order valence-corrected chi connectivity index (χ4v) is 0.809. The van der Waals surface area contributed by atoms with Crippen LogP contribution in [-0.4, -0.2) is 11.2 Å². The second-order valence-corrected chi connectivity index (χ2v) is 2.73. The van der Waals surface area contributed by atoms with Crippen molar-refractivity contribution in [2.45, 2.75) is 20.8 Å². The number of allylic oxidation sites excluding steroid dienone is 1. The average Bonchev–Trinajstić information content (AvgIpc) is 2.26. The quantitative estimate of drug-likeness (QED) is 0.630. The summed E-state index contributed by atoms with van der Waals surface area (Å²) < 4.78 is 5.21. The van der Waals surface area contributed by atoms with Crippen molar-refractivity contribution in [1.29, 1.82) is 0 Å². The Labute approximate surface area is 71.8 Å². The Kier molecular flexibility index (Phi) is 2.43. The Morgan fingerprint density at radius 3 is 2.67 bits per heavy atom. The van der Waals surface area contributed by atoms with Gasteiger partial charge in [0.15, 0.2) is 5.89 Å². The van der Waals surface area contributed by atoms with E-state index in [1.54, 1.807) is 13.1 Å². The highest BCUT2D eigenvalue weighted by molar-refractivity contribution is 5.78. The van der Waals surface area contributed by atoms with Crippen LogP contribution in [0.3, 0.4) is 0 Å². The fraction of sp³-hybridized carbons (Fsp3) is 0.333. The van der Waals surface area contributed by atoms with Crippen molar-refractivity contribution in [3.05, 3.63) is 23.7 Å². The number of hydrogen-bond donors (Lipinski definition) is 0. The molecule has 3 nitrogen and oxygen atoms in total. The number of rotatable bonds is 2. The molecular weight excluding hydrogens is 152 g/mol. The van der Waals surface area contributed by atoms with Crippen LogP contribution in [-0.2, 0) is 0 Å². The first kappa shape index (κ1) is 8.71. The zero-order valence-corrected chi connectivity index (χ0v) is 7.59. The Morgan fingerprint density at radius 1 is 1.58 bits per heavy atom. The molecule has 0 bridgehead atoms. The summed E-state index contributed by atoms with van der Waals surface area (Å²) in [6.45, 7) is 9.23. The van der Waals surface area contributed by atoms with Crippen molar-refractivity contribution < 1.29 is 4.42 Å². The summed E-state index contributed by atoms with van der Waals surface area (Å²) in [6.07, 6.45) is 1.66. The molecule has 0 spiro atoms. The predicted molar refractivity (Wildman–Crippen MR) is 48.9 cm³/mol. The smallest absolute Gasteiger partial charge is 0.242 e. The van der Waals surface area contributed by atoms with Gasteiger partial charge in [-0.05, 0) is 19.4 Å². The van der Waals surface area contributed by atoms with Crippen LogP contribution in [0, 0.1) is 13.8 Å². The van der Waals surface area contributed by atoms with Gasteiger partial charge in [0.05, 0.1) is 0 Å². The molecule has 12 heavy (non-hydrogen) atoms. The zero-order valence-electron chi connectivity index (χ0n) is 7.59. The van der Waals surface area contributed by atoms with E-state index >= 15 is 0 Å². The maximum absolute atomic E-state index is 5.21. The van der Waals surface area contributed by atoms with E-state index in [1.165, 1.54) is 0 Å². The normalized spacial score (nSPS) is 10.9. The summed E-state index contributed by atoms with van der Waals surface area (Å²) in [5.74, 6) is 1.21. The predicted octanol–water partition coefficient (Wildman–Crippen LogP) is 2.57. The molecule has 0 saturated heterocycles. The number of hydrogen-bond acceptors (Lipinski definition) is 3. The summed E-state index contributed by atoms with van der Waals surface area (Å²) in [5, 5.41) is 0. The van der Waals surface area contributed by atoms with E-state index in [0.29, 0.717) is 11.8 Å². The van der Waals surface area contributed by atoms with Crippen LogP contribution < -0.4 is 0 Å². The lowest BCUT2D eigenvalue weighted by Gasteiger charge is -1.86. The molecule has 1 aromatic rings. The minimum Gasteiger partial charge on any atom is -0.423 e. The zero-order chi connectivity index (χ0) is 9.14. The lowest BCUT2D eigenvalue weighted by Crippen LogP contribution is -1.73. The summed E-state index contributed by atoms with van der Waals surface area (Å²) >= 11 is 0. The first-order valence-corrected chi connectivity index (χ1v) is 3.73. The highest BCUT2D eigenvalue weighted by Crippen LogP contribution is 2.18. The van der Waals surface area contributed by atoms with Crippen molar-refractivity contribution in [2.75, 3.05) is 0 Å². The number of aliphatic imine (C=N–C) groups is 1. The standard InChI is InChI=1S/C9H12N2O/c1-6(2)5-10-9-7(3)11-8(4)12-9/h5H,1H2,2-4H3/b10-5-. The van der Waals surface area contributed by atoms with E-state index in [1.807, 2.05) is 13.8 Å². The Balaban J connectivity index is 2.89. The van der Waals surface area contributed by atoms with Gasteiger partial charge in [0.25, 0.3) is 0 Å². The summed E-state index contributed by atoms with van der Waals surface area (Å²) in [6, 6.07) is 0. The van der Waals surface area contributed by atoms with Gasteiger partial charge >= 0.3 is 0 Å². The SMILES string of the molecule is C=C(C)/C=N\c1oc(C)nc1C. The van der Waals surface area contributed by atoms with Gasteiger partial charge in [-0.2, -0.15) is 0 Å². The monoisotopic (exact) mass is 164 g/mol. The molecule has 1 heterocycles. The van der Waals surface area contributed by atoms with Gasteiger partial charge in [-0.3, -0.25) is 0 Å². The molecular formula is C9H12N2O. The molecule has 1 rings (SSSR count). The lowest BCUT2D eigenvalue weighted by atomic mass is 10.4. The van der Waals surface area contributed by atoms with Crippen molar-refractivity contribution in [3.8, 4) is 0 Å². The van der Waals surface area contributed by atoms with Crippen molar-refractivity contribution in [1.82, 2.24) is 4.98 Å². The van der Waals surface area contributed by atoms with Crippen LogP contribution in [0.25, 0.3) is 0 Å². The molecule has 0 saturated carbocycles. The molecule has 0 radical (unpaired) electrons. The molecule has 0 N–H and O–H groups in total. The fourth-order valence-electron chi connectivity index (χ4n) is 0.809. The molecule has 0 amide bonds. The van der Waals surface area contributed by atoms with E-state index < -0.39 is 0 Å². The van der Waals surface area contributed by atoms with Crippen LogP contribution in [0.2, 0.25) is 0 Å². The van der Waals surface area contributed by atoms with Crippen molar-refractivity contribution >= 4 is 12.1 Å². The van der Waals surface area contributed by atoms with Crippen LogP contribution in [0.1, 0.15) is 18.5 Å². The maximum atomic E-state index is 5.21. The van der Waals surface area contributed by atoms with Gasteiger partial charge in [-0.15, -0.1) is 0 Å². The second kappa shape index (κ2) is 3.34. The largest absolute Gasteiger partial charge is 0.423 e. The number of aromatic nitrogens is 1. The minimum absolute atomic E-state index is 0.565. The van der Waals surface area contributed by atoms with Crippen LogP contribution in [0.5, 0.6) is 0 Å². The molecule has 0 aliphatic heterocycles. The summed E-state index contributed by atoms with van der Waals surface area (Å²) in [4.78, 5) is 8.15. The van der Waals surface area contributed by atoms with E-state index in [-0.39, 0.29) is 0 Å². The molecule has 64 valence electrons. The van der Waals surface area contributed by atoms with Crippen molar-refractivity contribution in [3.63, 3.8) is 0 Å². The van der Waals surface area contributed by atoms with E-state index in [9.17, 15) is 0 Å². The van der Waals surface area contributed by atoms with Gasteiger partial charge < -0.3 is 4.42 Å². The molecule has 0 aliphatic rings. The summed E-state index contributed by atoms with van der Waals surface area (Å²) in [7, 11) is 0. The van der Waals surface area contributed by atoms with Gasteiger partial charge in [-0.1, -0.05) is 6.58 Å². The first-order valence-electron chi connectivity index (χ1n) is 3.73. The van der Waals surface area contributed by atoms with Gasteiger partial charge in [0.2, 0.25) is 5.88 Å². The molecule has 0 fully saturated rings. The van der Waals surface area contributed by atoms with Crippen LogP contribution >= 0.6 is 0 Å². The Hall–Kier alpha value is -1.38. The van der Waals surface area contributed by atoms with Crippen LogP contribution in [0.15, 0.2) is 21.6 Å². The highest BCUT2D eigenvalue weighted by atomic mass is 16.4. The molecule has 0 unspecified atom stereocenters. The molecule has 0 atom stereocenters.